The van der Waals surface area contributed by atoms with Crippen molar-refractivity contribution in [3.63, 3.8) is 0 Å². The van der Waals surface area contributed by atoms with Crippen molar-refractivity contribution in [2.24, 2.45) is 9.50 Å². The normalized spacial score (nSPS) is 13.2. The van der Waals surface area contributed by atoms with Crippen LogP contribution in [0.15, 0.2) is 64.0 Å². The van der Waals surface area contributed by atoms with E-state index in [0.717, 1.165) is 12.1 Å². The Kier molecular flexibility index (Phi) is 4.69. The minimum atomic E-state index is -4.40. The lowest BCUT2D eigenvalue weighted by Gasteiger charge is -2.08. The highest BCUT2D eigenvalue weighted by Gasteiger charge is 2.30. The molecule has 0 radical (unpaired) electrons. The summed E-state index contributed by atoms with van der Waals surface area (Å²) in [5.74, 6) is -0.410. The summed E-state index contributed by atoms with van der Waals surface area (Å²) in [6.45, 7) is 0. The van der Waals surface area contributed by atoms with Crippen molar-refractivity contribution in [2.45, 2.75) is 11.1 Å². The summed E-state index contributed by atoms with van der Waals surface area (Å²) in [6, 6.07) is 10.4. The Bertz CT molecular complexity index is 916. The Morgan fingerprint density at radius 1 is 1.08 bits per heavy atom. The van der Waals surface area contributed by atoms with Gasteiger partial charge in [-0.05, 0) is 36.4 Å². The first-order chi connectivity index (χ1) is 11.8. The van der Waals surface area contributed by atoms with Gasteiger partial charge < -0.3 is 0 Å². The van der Waals surface area contributed by atoms with Gasteiger partial charge in [-0.1, -0.05) is 12.1 Å². The van der Waals surface area contributed by atoms with Crippen LogP contribution in [0.3, 0.4) is 0 Å². The first-order valence-corrected chi connectivity index (χ1v) is 8.26. The molecule has 0 saturated heterocycles. The van der Waals surface area contributed by atoms with E-state index in [9.17, 15) is 17.6 Å². The molecule has 130 valence electrons. The fourth-order valence-electron chi connectivity index (χ4n) is 2.15. The standard InChI is InChI=1S/C16H12F4N4S/c17-12-3-1-2-10(8-12)15-14(9-22-23-15)24-25(21)13-6-4-11(5-7-13)16(18,19)20/h1-9H,(H2,21,24)(H,22,23). The molecule has 0 bridgehead atoms. The number of alkyl halides is 3. The zero-order valence-electron chi connectivity index (χ0n) is 12.6. The van der Waals surface area contributed by atoms with Gasteiger partial charge in [-0.25, -0.2) is 8.75 Å². The maximum Gasteiger partial charge on any atom is 0.416 e. The van der Waals surface area contributed by atoms with Gasteiger partial charge in [-0.3, -0.25) is 10.2 Å². The second-order valence-electron chi connectivity index (χ2n) is 5.07. The molecule has 1 unspecified atom stereocenters. The molecular formula is C16H12F4N4S. The monoisotopic (exact) mass is 368 g/mol. The summed E-state index contributed by atoms with van der Waals surface area (Å²) in [4.78, 5) is 0.444. The van der Waals surface area contributed by atoms with Crippen LogP contribution in [0.1, 0.15) is 5.56 Å². The summed E-state index contributed by atoms with van der Waals surface area (Å²) in [6.07, 6.45) is -2.98. The van der Waals surface area contributed by atoms with Crippen molar-refractivity contribution in [1.82, 2.24) is 10.2 Å². The molecule has 3 aromatic rings. The number of hydrogen-bond donors (Lipinski definition) is 2. The molecule has 2 aromatic carbocycles. The van der Waals surface area contributed by atoms with Crippen molar-refractivity contribution in [3.05, 3.63) is 66.1 Å². The van der Waals surface area contributed by atoms with Crippen molar-refractivity contribution >= 4 is 16.6 Å². The predicted molar refractivity (Wildman–Crippen MR) is 87.3 cm³/mol. The van der Waals surface area contributed by atoms with Gasteiger partial charge in [-0.15, -0.1) is 0 Å². The zero-order valence-corrected chi connectivity index (χ0v) is 13.4. The smallest absolute Gasteiger partial charge is 0.276 e. The van der Waals surface area contributed by atoms with Crippen LogP contribution in [0, 0.1) is 5.82 Å². The van der Waals surface area contributed by atoms with Crippen molar-refractivity contribution in [3.8, 4) is 11.3 Å². The Hall–Kier alpha value is -2.52. The highest BCUT2D eigenvalue weighted by Crippen LogP contribution is 2.31. The fraction of sp³-hybridized carbons (Fsp3) is 0.0625. The van der Waals surface area contributed by atoms with E-state index in [-0.39, 0.29) is 0 Å². The Balaban J connectivity index is 1.92. The third-order valence-electron chi connectivity index (χ3n) is 3.35. The third kappa shape index (κ3) is 3.94. The molecule has 1 atom stereocenters. The van der Waals surface area contributed by atoms with Crippen LogP contribution in [-0.2, 0) is 17.1 Å². The Labute approximate surface area is 142 Å². The number of nitrogens with one attached hydrogen (secondary N) is 1. The largest absolute Gasteiger partial charge is 0.416 e. The first-order valence-electron chi connectivity index (χ1n) is 7.02. The first kappa shape index (κ1) is 17.3. The van der Waals surface area contributed by atoms with Crippen LogP contribution >= 0.6 is 0 Å². The lowest BCUT2D eigenvalue weighted by molar-refractivity contribution is -0.137. The van der Waals surface area contributed by atoms with Crippen LogP contribution < -0.4 is 5.14 Å². The number of nitrogens with two attached hydrogens (primary N) is 1. The number of benzene rings is 2. The quantitative estimate of drug-likeness (QED) is 0.664. The Morgan fingerprint density at radius 3 is 2.44 bits per heavy atom. The van der Waals surface area contributed by atoms with Crippen LogP contribution in [-0.4, -0.2) is 10.2 Å². The third-order valence-corrected chi connectivity index (χ3v) is 4.50. The Morgan fingerprint density at radius 2 is 1.80 bits per heavy atom. The lowest BCUT2D eigenvalue weighted by Crippen LogP contribution is -2.06. The minimum Gasteiger partial charge on any atom is -0.276 e. The van der Waals surface area contributed by atoms with Crippen molar-refractivity contribution in [1.29, 1.82) is 0 Å². The number of halogens is 4. The van der Waals surface area contributed by atoms with Gasteiger partial charge in [-0.2, -0.15) is 18.3 Å². The van der Waals surface area contributed by atoms with E-state index >= 15 is 0 Å². The zero-order chi connectivity index (χ0) is 18.0. The molecule has 0 aliphatic carbocycles. The van der Waals surface area contributed by atoms with E-state index in [2.05, 4.69) is 14.6 Å². The number of aromatic amines is 1. The van der Waals surface area contributed by atoms with Crippen molar-refractivity contribution in [2.75, 3.05) is 0 Å². The molecule has 25 heavy (non-hydrogen) atoms. The number of rotatable bonds is 3. The second-order valence-corrected chi connectivity index (χ2v) is 6.35. The fourth-order valence-corrected chi connectivity index (χ4v) is 3.02. The number of H-pyrrole nitrogens is 1. The summed E-state index contributed by atoms with van der Waals surface area (Å²) in [7, 11) is -1.18. The van der Waals surface area contributed by atoms with Gasteiger partial charge in [0.15, 0.2) is 0 Å². The average molecular weight is 368 g/mol. The highest BCUT2D eigenvalue weighted by atomic mass is 32.2. The van der Waals surface area contributed by atoms with Gasteiger partial charge in [0.05, 0.1) is 17.5 Å². The molecule has 3 N–H and O–H groups in total. The van der Waals surface area contributed by atoms with Crippen LogP contribution in [0.25, 0.3) is 11.3 Å². The molecule has 0 amide bonds. The van der Waals surface area contributed by atoms with E-state index < -0.39 is 28.4 Å². The molecule has 0 spiro atoms. The minimum absolute atomic E-state index is 0.399. The number of aromatic nitrogens is 2. The summed E-state index contributed by atoms with van der Waals surface area (Å²) in [5, 5.41) is 12.6. The van der Waals surface area contributed by atoms with Crippen LogP contribution in [0.5, 0.6) is 0 Å². The maximum atomic E-state index is 13.4. The maximum absolute atomic E-state index is 13.4. The van der Waals surface area contributed by atoms with Gasteiger partial charge in [0.1, 0.15) is 11.5 Å². The van der Waals surface area contributed by atoms with E-state index in [0.29, 0.717) is 21.8 Å². The average Bonchev–Trinajstić information content (AvgIpc) is 3.02. The van der Waals surface area contributed by atoms with E-state index in [1.165, 1.54) is 30.5 Å². The van der Waals surface area contributed by atoms with Crippen LogP contribution in [0.4, 0.5) is 23.2 Å². The number of hydrogen-bond acceptors (Lipinski definition) is 2. The van der Waals surface area contributed by atoms with E-state index in [1.54, 1.807) is 12.1 Å². The molecule has 0 fully saturated rings. The molecule has 1 aromatic heterocycles. The lowest BCUT2D eigenvalue weighted by atomic mass is 10.1. The van der Waals surface area contributed by atoms with E-state index in [1.807, 2.05) is 0 Å². The second kappa shape index (κ2) is 6.77. The number of nitrogens with zero attached hydrogens (tertiary/aromatic N) is 2. The van der Waals surface area contributed by atoms with Gasteiger partial charge >= 0.3 is 6.18 Å². The summed E-state index contributed by atoms with van der Waals surface area (Å²) >= 11 is 0. The predicted octanol–water partition coefficient (Wildman–Crippen LogP) is 4.60. The van der Waals surface area contributed by atoms with E-state index in [4.69, 9.17) is 5.14 Å². The molecule has 4 nitrogen and oxygen atoms in total. The van der Waals surface area contributed by atoms with Gasteiger partial charge in [0.2, 0.25) is 0 Å². The van der Waals surface area contributed by atoms with Gasteiger partial charge in [0, 0.05) is 21.3 Å². The molecule has 1 heterocycles. The molecule has 9 heteroatoms. The summed E-state index contributed by atoms with van der Waals surface area (Å²) in [5.41, 5.74) is 0.670. The van der Waals surface area contributed by atoms with Gasteiger partial charge in [0.25, 0.3) is 0 Å². The molecule has 0 aliphatic rings. The molecule has 0 saturated carbocycles. The topological polar surface area (TPSA) is 67.1 Å². The highest BCUT2D eigenvalue weighted by molar-refractivity contribution is 7.85. The molecule has 3 rings (SSSR count). The summed E-state index contributed by atoms with van der Waals surface area (Å²) < 4.78 is 55.5. The molecular weight excluding hydrogens is 356 g/mol. The molecule has 0 aliphatic heterocycles. The van der Waals surface area contributed by atoms with Crippen LogP contribution in [0.2, 0.25) is 0 Å². The van der Waals surface area contributed by atoms with Crippen molar-refractivity contribution < 1.29 is 17.6 Å². The SMILES string of the molecule is NS(=Nc1cn[nH]c1-c1cccc(F)c1)c1ccc(C(F)(F)F)cc1.